The normalized spacial score (nSPS) is 23.6. The second-order valence-electron chi connectivity index (χ2n) is 6.51. The van der Waals surface area contributed by atoms with E-state index in [-0.39, 0.29) is 5.82 Å². The zero-order chi connectivity index (χ0) is 14.2. The number of benzene rings is 1. The minimum Gasteiger partial charge on any atom is -0.306 e. The number of hydrogen-bond acceptors (Lipinski definition) is 2. The molecule has 0 amide bonds. The molecule has 1 aromatic rings. The largest absolute Gasteiger partial charge is 0.306 e. The summed E-state index contributed by atoms with van der Waals surface area (Å²) in [5.74, 6) is -0.179. The van der Waals surface area contributed by atoms with Gasteiger partial charge < -0.3 is 4.90 Å². The average molecular weight is 341 g/mol. The fourth-order valence-electron chi connectivity index (χ4n) is 3.56. The number of hydrogen-bond donors (Lipinski definition) is 0. The van der Waals surface area contributed by atoms with Crippen molar-refractivity contribution in [2.45, 2.75) is 25.8 Å². The molecule has 0 N–H and O–H groups in total. The first-order chi connectivity index (χ1) is 9.56. The fourth-order valence-corrected chi connectivity index (χ4v) is 3.99. The molecule has 0 unspecified atom stereocenters. The minimum atomic E-state index is -0.179. The van der Waals surface area contributed by atoms with E-state index >= 15 is 0 Å². The van der Waals surface area contributed by atoms with E-state index in [0.29, 0.717) is 9.89 Å². The van der Waals surface area contributed by atoms with E-state index in [1.165, 1.54) is 51.0 Å². The molecular weight excluding hydrogens is 319 g/mol. The number of halogens is 2. The Morgan fingerprint density at radius 1 is 1.20 bits per heavy atom. The van der Waals surface area contributed by atoms with Crippen LogP contribution in [0.2, 0.25) is 0 Å². The van der Waals surface area contributed by atoms with Crippen LogP contribution in [0.4, 0.5) is 4.39 Å². The lowest BCUT2D eigenvalue weighted by atomic mass is 9.78. The highest BCUT2D eigenvalue weighted by atomic mass is 79.9. The van der Waals surface area contributed by atoms with Gasteiger partial charge in [-0.05, 0) is 85.0 Å². The van der Waals surface area contributed by atoms with Crippen molar-refractivity contribution in [3.05, 3.63) is 34.1 Å². The van der Waals surface area contributed by atoms with Gasteiger partial charge in [0.05, 0.1) is 4.47 Å². The van der Waals surface area contributed by atoms with Gasteiger partial charge in [-0.15, -0.1) is 0 Å². The maximum atomic E-state index is 13.3. The lowest BCUT2D eigenvalue weighted by Gasteiger charge is -2.37. The molecular formula is C16H22BrFN2. The lowest BCUT2D eigenvalue weighted by Crippen LogP contribution is -2.39. The van der Waals surface area contributed by atoms with Crippen molar-refractivity contribution in [1.29, 1.82) is 0 Å². The Bertz CT molecular complexity index is 483. The molecule has 1 aromatic carbocycles. The summed E-state index contributed by atoms with van der Waals surface area (Å²) < 4.78 is 13.8. The van der Waals surface area contributed by atoms with Gasteiger partial charge in [0.25, 0.3) is 0 Å². The summed E-state index contributed by atoms with van der Waals surface area (Å²) in [5.41, 5.74) is 1.74. The molecule has 2 nitrogen and oxygen atoms in total. The number of nitrogens with zero attached hydrogens (tertiary/aromatic N) is 2. The van der Waals surface area contributed by atoms with E-state index in [1.807, 2.05) is 12.1 Å². The molecule has 2 saturated heterocycles. The van der Waals surface area contributed by atoms with Crippen LogP contribution in [0.3, 0.4) is 0 Å². The van der Waals surface area contributed by atoms with Crippen LogP contribution in [0.5, 0.6) is 0 Å². The molecule has 1 spiro atoms. The first-order valence-corrected chi connectivity index (χ1v) is 8.21. The molecule has 20 heavy (non-hydrogen) atoms. The van der Waals surface area contributed by atoms with Crippen molar-refractivity contribution in [1.82, 2.24) is 9.80 Å². The molecule has 2 fully saturated rings. The molecule has 2 aliphatic rings. The van der Waals surface area contributed by atoms with Gasteiger partial charge >= 0.3 is 0 Å². The van der Waals surface area contributed by atoms with Gasteiger partial charge in [0.2, 0.25) is 0 Å². The first kappa shape index (κ1) is 14.5. The summed E-state index contributed by atoms with van der Waals surface area (Å²) in [6.07, 6.45) is 3.98. The highest BCUT2D eigenvalue weighted by Gasteiger charge is 2.39. The number of likely N-dealkylation sites (tertiary alicyclic amines) is 2. The maximum Gasteiger partial charge on any atom is 0.137 e. The number of rotatable bonds is 2. The third-order valence-corrected chi connectivity index (χ3v) is 5.56. The molecule has 4 heteroatoms. The molecule has 0 bridgehead atoms. The van der Waals surface area contributed by atoms with Gasteiger partial charge in [-0.1, -0.05) is 6.07 Å². The lowest BCUT2D eigenvalue weighted by molar-refractivity contribution is 0.125. The Morgan fingerprint density at radius 3 is 2.60 bits per heavy atom. The highest BCUT2D eigenvalue weighted by Crippen LogP contribution is 2.40. The zero-order valence-corrected chi connectivity index (χ0v) is 13.6. The standard InChI is InChI=1S/C16H22BrFN2/c1-19-7-4-16(5-8-19)6-9-20(12-16)11-13-2-3-15(18)14(17)10-13/h2-3,10H,4-9,11-12H2,1H3. The molecule has 0 radical (unpaired) electrons. The van der Waals surface area contributed by atoms with Gasteiger partial charge in [-0.2, -0.15) is 0 Å². The van der Waals surface area contributed by atoms with Crippen molar-refractivity contribution in [3.63, 3.8) is 0 Å². The Hall–Kier alpha value is -0.450. The van der Waals surface area contributed by atoms with Crippen LogP contribution >= 0.6 is 15.9 Å². The third-order valence-electron chi connectivity index (χ3n) is 4.96. The second kappa shape index (κ2) is 5.74. The van der Waals surface area contributed by atoms with Crippen LogP contribution in [-0.4, -0.2) is 43.0 Å². The van der Waals surface area contributed by atoms with Gasteiger partial charge in [0.1, 0.15) is 5.82 Å². The van der Waals surface area contributed by atoms with Crippen LogP contribution < -0.4 is 0 Å². The monoisotopic (exact) mass is 340 g/mol. The summed E-state index contributed by atoms with van der Waals surface area (Å²) in [5, 5.41) is 0. The van der Waals surface area contributed by atoms with E-state index < -0.39 is 0 Å². The van der Waals surface area contributed by atoms with Crippen LogP contribution in [0.1, 0.15) is 24.8 Å². The molecule has 0 atom stereocenters. The zero-order valence-electron chi connectivity index (χ0n) is 12.0. The first-order valence-electron chi connectivity index (χ1n) is 7.41. The minimum absolute atomic E-state index is 0.179. The molecule has 2 aliphatic heterocycles. The predicted molar refractivity (Wildman–Crippen MR) is 83.2 cm³/mol. The van der Waals surface area contributed by atoms with Crippen molar-refractivity contribution in [2.24, 2.45) is 5.41 Å². The molecule has 110 valence electrons. The summed E-state index contributed by atoms with van der Waals surface area (Å²) in [7, 11) is 2.22. The molecule has 0 aliphatic carbocycles. The SMILES string of the molecule is CN1CCC2(CC1)CCN(Cc1ccc(F)c(Br)c1)C2. The predicted octanol–water partition coefficient (Wildman–Crippen LogP) is 3.51. The smallest absolute Gasteiger partial charge is 0.137 e. The van der Waals surface area contributed by atoms with Gasteiger partial charge in [0.15, 0.2) is 0 Å². The summed E-state index contributed by atoms with van der Waals surface area (Å²) in [4.78, 5) is 4.97. The third kappa shape index (κ3) is 3.07. The van der Waals surface area contributed by atoms with Gasteiger partial charge in [0, 0.05) is 13.1 Å². The quantitative estimate of drug-likeness (QED) is 0.812. The van der Waals surface area contributed by atoms with Crippen LogP contribution in [0.15, 0.2) is 22.7 Å². The fraction of sp³-hybridized carbons (Fsp3) is 0.625. The maximum absolute atomic E-state index is 13.3. The van der Waals surface area contributed by atoms with Gasteiger partial charge in [-0.25, -0.2) is 4.39 Å². The van der Waals surface area contributed by atoms with Crippen LogP contribution in [0.25, 0.3) is 0 Å². The Kier molecular flexibility index (Phi) is 4.16. The molecule has 0 saturated carbocycles. The molecule has 2 heterocycles. The van der Waals surface area contributed by atoms with Crippen molar-refractivity contribution < 1.29 is 4.39 Å². The van der Waals surface area contributed by atoms with Crippen molar-refractivity contribution >= 4 is 15.9 Å². The Balaban J connectivity index is 1.61. The Labute approximate surface area is 129 Å². The summed E-state index contributed by atoms with van der Waals surface area (Å²) in [6, 6.07) is 5.37. The molecule has 3 rings (SSSR count). The topological polar surface area (TPSA) is 6.48 Å². The summed E-state index contributed by atoms with van der Waals surface area (Å²) in [6.45, 7) is 5.79. The van der Waals surface area contributed by atoms with E-state index in [2.05, 4.69) is 32.8 Å². The van der Waals surface area contributed by atoms with Crippen molar-refractivity contribution in [2.75, 3.05) is 33.2 Å². The van der Waals surface area contributed by atoms with Crippen molar-refractivity contribution in [3.8, 4) is 0 Å². The van der Waals surface area contributed by atoms with E-state index in [0.717, 1.165) is 6.54 Å². The van der Waals surface area contributed by atoms with E-state index in [4.69, 9.17) is 0 Å². The van der Waals surface area contributed by atoms with Crippen LogP contribution in [0, 0.1) is 11.2 Å². The van der Waals surface area contributed by atoms with Gasteiger partial charge in [-0.3, -0.25) is 4.90 Å². The van der Waals surface area contributed by atoms with Crippen LogP contribution in [-0.2, 0) is 6.54 Å². The average Bonchev–Trinajstić information content (AvgIpc) is 2.81. The second-order valence-corrected chi connectivity index (χ2v) is 7.37. The van der Waals surface area contributed by atoms with E-state index in [9.17, 15) is 4.39 Å². The number of piperidine rings is 1. The van der Waals surface area contributed by atoms with E-state index in [1.54, 1.807) is 6.07 Å². The summed E-state index contributed by atoms with van der Waals surface area (Å²) >= 11 is 3.27. The highest BCUT2D eigenvalue weighted by molar-refractivity contribution is 9.10. The Morgan fingerprint density at radius 2 is 1.90 bits per heavy atom. The molecule has 0 aromatic heterocycles.